The summed E-state index contributed by atoms with van der Waals surface area (Å²) in [7, 11) is -3.33. The molecule has 6 nitrogen and oxygen atoms in total. The molecule has 0 amide bonds. The molecule has 146 valence electrons. The van der Waals surface area contributed by atoms with Gasteiger partial charge < -0.3 is 10.2 Å². The van der Waals surface area contributed by atoms with Gasteiger partial charge in [0.15, 0.2) is 5.96 Å². The number of halogens is 1. The van der Waals surface area contributed by atoms with Crippen LogP contribution in [0.1, 0.15) is 18.1 Å². The van der Waals surface area contributed by atoms with Gasteiger partial charge in [-0.15, -0.1) is 24.0 Å². The van der Waals surface area contributed by atoms with Crippen molar-refractivity contribution in [3.63, 3.8) is 0 Å². The number of nitrogens with one attached hydrogen (secondary N) is 2. The molecule has 0 atom stereocenters. The van der Waals surface area contributed by atoms with E-state index < -0.39 is 10.0 Å². The zero-order valence-corrected chi connectivity index (χ0v) is 18.6. The number of nitrogens with zero attached hydrogens (tertiary/aromatic N) is 2. The number of para-hydroxylation sites is 2. The van der Waals surface area contributed by atoms with Gasteiger partial charge in [-0.05, 0) is 36.6 Å². The van der Waals surface area contributed by atoms with Gasteiger partial charge in [0.05, 0.1) is 18.5 Å². The van der Waals surface area contributed by atoms with Crippen LogP contribution >= 0.6 is 24.0 Å². The molecule has 0 aliphatic carbocycles. The standard InChI is InChI=1S/C19H24N4O2S.HI/c1-3-20-19(23-13-12-15-8-5-7-11-18(15)23)21-14-16-9-4-6-10-17(16)22-26(2,24)25;/h4-11,22H,3,12-14H2,1-2H3,(H,20,21);1H. The lowest BCUT2D eigenvalue weighted by Crippen LogP contribution is -2.40. The fraction of sp³-hybridized carbons (Fsp3) is 0.316. The summed E-state index contributed by atoms with van der Waals surface area (Å²) >= 11 is 0. The summed E-state index contributed by atoms with van der Waals surface area (Å²) in [5.74, 6) is 0.812. The van der Waals surface area contributed by atoms with Gasteiger partial charge in [-0.2, -0.15) is 0 Å². The average molecular weight is 500 g/mol. The molecule has 8 heteroatoms. The summed E-state index contributed by atoms with van der Waals surface area (Å²) < 4.78 is 25.7. The van der Waals surface area contributed by atoms with Crippen LogP contribution in [0, 0.1) is 0 Å². The number of benzene rings is 2. The van der Waals surface area contributed by atoms with E-state index in [4.69, 9.17) is 4.99 Å². The molecule has 2 aromatic carbocycles. The number of aliphatic imine (C=N–C) groups is 1. The summed E-state index contributed by atoms with van der Waals surface area (Å²) in [5.41, 5.74) is 3.89. The van der Waals surface area contributed by atoms with E-state index in [9.17, 15) is 8.42 Å². The lowest BCUT2D eigenvalue weighted by molar-refractivity contribution is 0.606. The highest BCUT2D eigenvalue weighted by atomic mass is 127. The van der Waals surface area contributed by atoms with Gasteiger partial charge in [0, 0.05) is 18.8 Å². The normalized spacial score (nSPS) is 13.7. The van der Waals surface area contributed by atoms with E-state index in [1.165, 1.54) is 11.3 Å². The van der Waals surface area contributed by atoms with Crippen LogP contribution in [-0.4, -0.2) is 33.7 Å². The van der Waals surface area contributed by atoms with Crippen LogP contribution in [0.2, 0.25) is 0 Å². The van der Waals surface area contributed by atoms with Crippen molar-refractivity contribution in [3.05, 3.63) is 59.7 Å². The molecule has 0 saturated carbocycles. The van der Waals surface area contributed by atoms with Gasteiger partial charge in [0.1, 0.15) is 0 Å². The fourth-order valence-electron chi connectivity index (χ4n) is 3.07. The third-order valence-corrected chi connectivity index (χ3v) is 4.78. The van der Waals surface area contributed by atoms with Gasteiger partial charge in [-0.25, -0.2) is 13.4 Å². The monoisotopic (exact) mass is 500 g/mol. The van der Waals surface area contributed by atoms with E-state index in [0.29, 0.717) is 12.2 Å². The quantitative estimate of drug-likeness (QED) is 0.376. The first kappa shape index (κ1) is 21.5. The van der Waals surface area contributed by atoms with E-state index in [2.05, 4.69) is 33.1 Å². The Hall–Kier alpha value is -1.81. The Morgan fingerprint density at radius 3 is 2.59 bits per heavy atom. The molecule has 2 N–H and O–H groups in total. The fourth-order valence-corrected chi connectivity index (χ4v) is 3.67. The highest BCUT2D eigenvalue weighted by Crippen LogP contribution is 2.27. The van der Waals surface area contributed by atoms with Crippen molar-refractivity contribution in [1.82, 2.24) is 5.32 Å². The maximum absolute atomic E-state index is 11.6. The zero-order chi connectivity index (χ0) is 18.6. The second kappa shape index (κ2) is 9.41. The molecule has 1 heterocycles. The lowest BCUT2D eigenvalue weighted by Gasteiger charge is -2.22. The minimum Gasteiger partial charge on any atom is -0.356 e. The Balaban J connectivity index is 0.00000261. The van der Waals surface area contributed by atoms with Crippen LogP contribution in [0.5, 0.6) is 0 Å². The topological polar surface area (TPSA) is 73.8 Å². The Morgan fingerprint density at radius 1 is 1.15 bits per heavy atom. The Morgan fingerprint density at radius 2 is 1.85 bits per heavy atom. The zero-order valence-electron chi connectivity index (χ0n) is 15.5. The van der Waals surface area contributed by atoms with Gasteiger partial charge in [-0.1, -0.05) is 36.4 Å². The molecule has 2 aromatic rings. The number of rotatable bonds is 5. The lowest BCUT2D eigenvalue weighted by atomic mass is 10.2. The van der Waals surface area contributed by atoms with Gasteiger partial charge in [0.25, 0.3) is 0 Å². The third kappa shape index (κ3) is 5.58. The molecule has 0 spiro atoms. The first-order chi connectivity index (χ1) is 12.5. The second-order valence-electron chi connectivity index (χ2n) is 6.23. The van der Waals surface area contributed by atoms with E-state index >= 15 is 0 Å². The molecule has 0 saturated heterocycles. The summed E-state index contributed by atoms with van der Waals surface area (Å²) in [6.45, 7) is 4.07. The van der Waals surface area contributed by atoms with E-state index in [1.807, 2.05) is 31.2 Å². The van der Waals surface area contributed by atoms with Crippen LogP contribution in [0.25, 0.3) is 0 Å². The van der Waals surface area contributed by atoms with E-state index in [0.717, 1.165) is 37.3 Å². The highest BCUT2D eigenvalue weighted by molar-refractivity contribution is 14.0. The van der Waals surface area contributed by atoms with Crippen molar-refractivity contribution < 1.29 is 8.42 Å². The first-order valence-corrected chi connectivity index (χ1v) is 10.6. The molecule has 27 heavy (non-hydrogen) atoms. The summed E-state index contributed by atoms with van der Waals surface area (Å²) in [6.07, 6.45) is 2.14. The molecule has 3 rings (SSSR count). The Labute approximate surface area is 178 Å². The van der Waals surface area contributed by atoms with Gasteiger partial charge >= 0.3 is 0 Å². The second-order valence-corrected chi connectivity index (χ2v) is 7.98. The molecule has 0 radical (unpaired) electrons. The molecular weight excluding hydrogens is 475 g/mol. The number of hydrogen-bond acceptors (Lipinski definition) is 3. The summed E-state index contributed by atoms with van der Waals surface area (Å²) in [6, 6.07) is 15.7. The van der Waals surface area contributed by atoms with Crippen LogP contribution in [0.3, 0.4) is 0 Å². The number of hydrogen-bond donors (Lipinski definition) is 2. The van der Waals surface area contributed by atoms with E-state index in [-0.39, 0.29) is 24.0 Å². The molecule has 0 unspecified atom stereocenters. The van der Waals surface area contributed by atoms with Crippen LogP contribution in [0.4, 0.5) is 11.4 Å². The number of guanidine groups is 1. The van der Waals surface area contributed by atoms with Crippen LogP contribution in [-0.2, 0) is 23.0 Å². The van der Waals surface area contributed by atoms with Crippen molar-refractivity contribution in [2.45, 2.75) is 19.9 Å². The number of fused-ring (bicyclic) bond motifs is 1. The summed E-state index contributed by atoms with van der Waals surface area (Å²) in [4.78, 5) is 6.94. The molecule has 1 aliphatic rings. The average Bonchev–Trinajstić information content (AvgIpc) is 3.02. The summed E-state index contributed by atoms with van der Waals surface area (Å²) in [5, 5.41) is 3.34. The maximum Gasteiger partial charge on any atom is 0.229 e. The smallest absolute Gasteiger partial charge is 0.229 e. The van der Waals surface area contributed by atoms with Crippen molar-refractivity contribution in [2.75, 3.05) is 29.0 Å². The largest absolute Gasteiger partial charge is 0.356 e. The minimum atomic E-state index is -3.33. The predicted molar refractivity (Wildman–Crippen MR) is 123 cm³/mol. The molecular formula is C19H25IN4O2S. The van der Waals surface area contributed by atoms with Crippen molar-refractivity contribution >= 4 is 51.3 Å². The van der Waals surface area contributed by atoms with Crippen LogP contribution < -0.4 is 14.9 Å². The molecule has 0 bridgehead atoms. The molecule has 1 aliphatic heterocycles. The molecule has 0 fully saturated rings. The van der Waals surface area contributed by atoms with Crippen LogP contribution in [0.15, 0.2) is 53.5 Å². The highest BCUT2D eigenvalue weighted by Gasteiger charge is 2.22. The SMILES string of the molecule is CCNC(=NCc1ccccc1NS(C)(=O)=O)N1CCc2ccccc21.I. The van der Waals surface area contributed by atoms with Gasteiger partial charge in [0.2, 0.25) is 10.0 Å². The first-order valence-electron chi connectivity index (χ1n) is 8.67. The number of anilines is 2. The van der Waals surface area contributed by atoms with Crippen molar-refractivity contribution in [3.8, 4) is 0 Å². The van der Waals surface area contributed by atoms with Crippen molar-refractivity contribution in [2.24, 2.45) is 4.99 Å². The molecule has 0 aromatic heterocycles. The number of sulfonamides is 1. The maximum atomic E-state index is 11.6. The third-order valence-electron chi connectivity index (χ3n) is 4.19. The minimum absolute atomic E-state index is 0. The van der Waals surface area contributed by atoms with E-state index in [1.54, 1.807) is 6.07 Å². The Bertz CT molecular complexity index is 915. The van der Waals surface area contributed by atoms with Gasteiger partial charge in [-0.3, -0.25) is 4.72 Å². The predicted octanol–water partition coefficient (Wildman–Crippen LogP) is 3.20. The van der Waals surface area contributed by atoms with Crippen molar-refractivity contribution in [1.29, 1.82) is 0 Å². The Kier molecular flexibility index (Phi) is 7.49.